The lowest BCUT2D eigenvalue weighted by Crippen LogP contribution is -2.50. The minimum absolute atomic E-state index is 0.147. The van der Waals surface area contributed by atoms with Gasteiger partial charge >= 0.3 is 0 Å². The second kappa shape index (κ2) is 5.05. The molecule has 2 nitrogen and oxygen atoms in total. The number of carbonyl (C=O) groups is 1. The monoisotopic (exact) mass is 227 g/mol. The van der Waals surface area contributed by atoms with Crippen LogP contribution >= 0.6 is 0 Å². The molecule has 1 N–H and O–H groups in total. The van der Waals surface area contributed by atoms with Crippen LogP contribution in [0.15, 0.2) is 30.3 Å². The first-order valence-electron chi connectivity index (χ1n) is 5.15. The van der Waals surface area contributed by atoms with E-state index in [0.29, 0.717) is 5.56 Å². The molecule has 0 fully saturated rings. The summed E-state index contributed by atoms with van der Waals surface area (Å²) in [6, 6.07) is 8.33. The van der Waals surface area contributed by atoms with E-state index in [1.165, 1.54) is 6.92 Å². The van der Waals surface area contributed by atoms with Crippen LogP contribution in [-0.4, -0.2) is 12.3 Å². The van der Waals surface area contributed by atoms with Crippen LogP contribution in [0.4, 0.5) is 8.78 Å². The fourth-order valence-electron chi connectivity index (χ4n) is 1.75. The Balaban J connectivity index is 3.17. The van der Waals surface area contributed by atoms with Gasteiger partial charge < -0.3 is 5.32 Å². The van der Waals surface area contributed by atoms with Crippen LogP contribution in [0, 0.1) is 0 Å². The highest BCUT2D eigenvalue weighted by Crippen LogP contribution is 2.31. The SMILES string of the molecule is CCC(NC(C)=O)(c1ccccc1)C(F)F. The van der Waals surface area contributed by atoms with E-state index in [4.69, 9.17) is 0 Å². The number of alkyl halides is 2. The summed E-state index contributed by atoms with van der Waals surface area (Å²) in [5.41, 5.74) is -1.14. The molecule has 0 aromatic heterocycles. The number of nitrogens with one attached hydrogen (secondary N) is 1. The number of rotatable bonds is 4. The predicted octanol–water partition coefficient (Wildman–Crippen LogP) is 2.69. The first-order valence-corrected chi connectivity index (χ1v) is 5.15. The van der Waals surface area contributed by atoms with Gasteiger partial charge in [-0.2, -0.15) is 0 Å². The highest BCUT2D eigenvalue weighted by Gasteiger charge is 2.40. The van der Waals surface area contributed by atoms with Gasteiger partial charge in [0, 0.05) is 6.92 Å². The molecule has 1 atom stereocenters. The van der Waals surface area contributed by atoms with E-state index in [-0.39, 0.29) is 6.42 Å². The highest BCUT2D eigenvalue weighted by atomic mass is 19.3. The van der Waals surface area contributed by atoms with Gasteiger partial charge in [0.2, 0.25) is 5.91 Å². The lowest BCUT2D eigenvalue weighted by Gasteiger charge is -2.33. The second-order valence-electron chi connectivity index (χ2n) is 3.67. The van der Waals surface area contributed by atoms with E-state index in [1.54, 1.807) is 37.3 Å². The Labute approximate surface area is 93.7 Å². The third kappa shape index (κ3) is 2.38. The summed E-state index contributed by atoms with van der Waals surface area (Å²) in [4.78, 5) is 11.1. The van der Waals surface area contributed by atoms with Gasteiger partial charge in [-0.1, -0.05) is 37.3 Å². The van der Waals surface area contributed by atoms with Gasteiger partial charge in [0.05, 0.1) is 0 Å². The first kappa shape index (κ1) is 12.6. The molecule has 4 heteroatoms. The van der Waals surface area contributed by atoms with Crippen molar-refractivity contribution < 1.29 is 13.6 Å². The molecule has 0 aliphatic carbocycles. The number of benzene rings is 1. The van der Waals surface area contributed by atoms with E-state index in [0.717, 1.165) is 0 Å². The average molecular weight is 227 g/mol. The maximum Gasteiger partial charge on any atom is 0.265 e. The topological polar surface area (TPSA) is 29.1 Å². The average Bonchev–Trinajstić information content (AvgIpc) is 2.26. The third-order valence-electron chi connectivity index (χ3n) is 2.62. The van der Waals surface area contributed by atoms with Gasteiger partial charge in [-0.15, -0.1) is 0 Å². The number of carbonyl (C=O) groups excluding carboxylic acids is 1. The van der Waals surface area contributed by atoms with E-state index >= 15 is 0 Å². The minimum Gasteiger partial charge on any atom is -0.341 e. The zero-order chi connectivity index (χ0) is 12.2. The summed E-state index contributed by atoms with van der Waals surface area (Å²) in [6.07, 6.45) is -2.49. The number of hydrogen-bond acceptors (Lipinski definition) is 1. The van der Waals surface area contributed by atoms with Crippen LogP contribution in [0.2, 0.25) is 0 Å². The van der Waals surface area contributed by atoms with Gasteiger partial charge in [0.15, 0.2) is 0 Å². The molecule has 1 aromatic rings. The van der Waals surface area contributed by atoms with Crippen LogP contribution in [0.25, 0.3) is 0 Å². The Morgan fingerprint density at radius 1 is 1.38 bits per heavy atom. The van der Waals surface area contributed by atoms with Crippen molar-refractivity contribution in [3.8, 4) is 0 Å². The van der Waals surface area contributed by atoms with Gasteiger partial charge in [-0.25, -0.2) is 8.78 Å². The van der Waals surface area contributed by atoms with Crippen molar-refractivity contribution >= 4 is 5.91 Å². The van der Waals surface area contributed by atoms with Crippen molar-refractivity contribution in [2.45, 2.75) is 32.2 Å². The van der Waals surface area contributed by atoms with Gasteiger partial charge in [0.25, 0.3) is 6.43 Å². The zero-order valence-corrected chi connectivity index (χ0v) is 9.34. The summed E-state index contributed by atoms with van der Waals surface area (Å²) in [6.45, 7) is 2.88. The van der Waals surface area contributed by atoms with Crippen molar-refractivity contribution in [2.24, 2.45) is 0 Å². The number of halogens is 2. The minimum atomic E-state index is -2.64. The summed E-state index contributed by atoms with van der Waals surface area (Å²) < 4.78 is 26.4. The maximum atomic E-state index is 13.2. The summed E-state index contributed by atoms with van der Waals surface area (Å²) in [5, 5.41) is 2.37. The van der Waals surface area contributed by atoms with Crippen molar-refractivity contribution in [3.05, 3.63) is 35.9 Å². The molecule has 0 saturated heterocycles. The molecule has 0 saturated carbocycles. The normalized spacial score (nSPS) is 14.6. The summed E-state index contributed by atoms with van der Waals surface area (Å²) in [7, 11) is 0. The van der Waals surface area contributed by atoms with Crippen LogP contribution in [-0.2, 0) is 10.3 Å². The van der Waals surface area contributed by atoms with E-state index in [2.05, 4.69) is 5.32 Å². The lowest BCUT2D eigenvalue weighted by atomic mass is 9.87. The largest absolute Gasteiger partial charge is 0.341 e. The standard InChI is InChI=1S/C12H15F2NO/c1-3-12(11(13)14,15-9(2)16)10-7-5-4-6-8-10/h4-8,11H,3H2,1-2H3,(H,15,16). The molecule has 0 heterocycles. The van der Waals surface area contributed by atoms with Crippen LogP contribution in [0.5, 0.6) is 0 Å². The van der Waals surface area contributed by atoms with Crippen molar-refractivity contribution in [3.63, 3.8) is 0 Å². The molecule has 1 unspecified atom stereocenters. The quantitative estimate of drug-likeness (QED) is 0.841. The highest BCUT2D eigenvalue weighted by molar-refractivity contribution is 5.74. The van der Waals surface area contributed by atoms with Gasteiger partial charge in [0.1, 0.15) is 5.54 Å². The molecule has 0 radical (unpaired) electrons. The molecule has 16 heavy (non-hydrogen) atoms. The molecule has 88 valence electrons. The Hall–Kier alpha value is -1.45. The molecule has 1 rings (SSSR count). The molecule has 0 bridgehead atoms. The predicted molar refractivity (Wildman–Crippen MR) is 58.2 cm³/mol. The third-order valence-corrected chi connectivity index (χ3v) is 2.62. The maximum absolute atomic E-state index is 13.2. The van der Waals surface area contributed by atoms with Crippen molar-refractivity contribution in [1.82, 2.24) is 5.32 Å². The Morgan fingerprint density at radius 3 is 2.31 bits per heavy atom. The van der Waals surface area contributed by atoms with E-state index in [9.17, 15) is 13.6 Å². The lowest BCUT2D eigenvalue weighted by molar-refractivity contribution is -0.123. The number of hydrogen-bond donors (Lipinski definition) is 1. The first-order chi connectivity index (χ1) is 7.53. The number of amides is 1. The molecule has 0 spiro atoms. The van der Waals surface area contributed by atoms with Gasteiger partial charge in [-0.3, -0.25) is 4.79 Å². The van der Waals surface area contributed by atoms with E-state index < -0.39 is 17.9 Å². The van der Waals surface area contributed by atoms with Crippen LogP contribution in [0.3, 0.4) is 0 Å². The zero-order valence-electron chi connectivity index (χ0n) is 9.34. The molecule has 0 aliphatic rings. The molecule has 0 aliphatic heterocycles. The van der Waals surface area contributed by atoms with Crippen molar-refractivity contribution in [1.29, 1.82) is 0 Å². The Bertz CT molecular complexity index is 353. The Kier molecular flexibility index (Phi) is 3.99. The van der Waals surface area contributed by atoms with Crippen molar-refractivity contribution in [2.75, 3.05) is 0 Å². The smallest absolute Gasteiger partial charge is 0.265 e. The molecular weight excluding hydrogens is 212 g/mol. The van der Waals surface area contributed by atoms with E-state index in [1.807, 2.05) is 0 Å². The van der Waals surface area contributed by atoms with Crippen LogP contribution < -0.4 is 5.32 Å². The van der Waals surface area contributed by atoms with Gasteiger partial charge in [-0.05, 0) is 12.0 Å². The fraction of sp³-hybridized carbons (Fsp3) is 0.417. The summed E-state index contributed by atoms with van der Waals surface area (Å²) >= 11 is 0. The molecule has 1 amide bonds. The molecule has 1 aromatic carbocycles. The fourth-order valence-corrected chi connectivity index (χ4v) is 1.75. The molecular formula is C12H15F2NO. The summed E-state index contributed by atoms with van der Waals surface area (Å²) in [5.74, 6) is -0.453. The van der Waals surface area contributed by atoms with Crippen LogP contribution in [0.1, 0.15) is 25.8 Å². The Morgan fingerprint density at radius 2 is 1.94 bits per heavy atom. The second-order valence-corrected chi connectivity index (χ2v) is 3.67.